The average Bonchev–Trinajstić information content (AvgIpc) is 2.89. The standard InChI is InChI=1S/C15H21N3O2/c1-17-6-4-15(8-17)5-7-18(9-15)14(19)13-12(11-2-3-11)16-10-20-13/h10-11H,2-9H2,1H3. The van der Waals surface area contributed by atoms with Crippen LogP contribution in [0.15, 0.2) is 10.8 Å². The summed E-state index contributed by atoms with van der Waals surface area (Å²) in [5.41, 5.74) is 1.21. The highest BCUT2D eigenvalue weighted by Crippen LogP contribution is 2.42. The highest BCUT2D eigenvalue weighted by Gasteiger charge is 2.45. The molecule has 20 heavy (non-hydrogen) atoms. The van der Waals surface area contributed by atoms with Crippen LogP contribution in [0.2, 0.25) is 0 Å². The number of amides is 1. The summed E-state index contributed by atoms with van der Waals surface area (Å²) in [5.74, 6) is 1.01. The highest BCUT2D eigenvalue weighted by molar-refractivity contribution is 5.93. The predicted molar refractivity (Wildman–Crippen MR) is 73.5 cm³/mol. The summed E-state index contributed by atoms with van der Waals surface area (Å²) in [6.07, 6.45) is 6.04. The zero-order valence-corrected chi connectivity index (χ0v) is 12.0. The van der Waals surface area contributed by atoms with Gasteiger partial charge in [0.05, 0.1) is 5.69 Å². The zero-order chi connectivity index (χ0) is 13.7. The normalized spacial score (nSPS) is 30.6. The van der Waals surface area contributed by atoms with Gasteiger partial charge in [-0.15, -0.1) is 0 Å². The molecule has 1 saturated carbocycles. The van der Waals surface area contributed by atoms with Gasteiger partial charge in [-0.3, -0.25) is 4.79 Å². The summed E-state index contributed by atoms with van der Waals surface area (Å²) in [5, 5.41) is 0. The fourth-order valence-corrected chi connectivity index (χ4v) is 3.81. The largest absolute Gasteiger partial charge is 0.438 e. The molecule has 0 N–H and O–H groups in total. The first-order chi connectivity index (χ1) is 9.67. The van der Waals surface area contributed by atoms with Gasteiger partial charge in [0.15, 0.2) is 6.39 Å². The molecule has 108 valence electrons. The van der Waals surface area contributed by atoms with Crippen LogP contribution in [0, 0.1) is 5.41 Å². The van der Waals surface area contributed by atoms with E-state index in [0.29, 0.717) is 17.1 Å². The van der Waals surface area contributed by atoms with E-state index in [4.69, 9.17) is 4.42 Å². The topological polar surface area (TPSA) is 49.6 Å². The second kappa shape index (κ2) is 4.32. The molecule has 1 amide bonds. The van der Waals surface area contributed by atoms with Gasteiger partial charge in [-0.25, -0.2) is 4.98 Å². The molecule has 1 aromatic rings. The van der Waals surface area contributed by atoms with Gasteiger partial charge in [0.1, 0.15) is 0 Å². The molecule has 5 heteroatoms. The van der Waals surface area contributed by atoms with Gasteiger partial charge in [0.25, 0.3) is 5.91 Å². The van der Waals surface area contributed by atoms with Crippen molar-refractivity contribution in [2.75, 3.05) is 33.2 Å². The van der Waals surface area contributed by atoms with Crippen LogP contribution in [0.5, 0.6) is 0 Å². The number of likely N-dealkylation sites (tertiary alicyclic amines) is 2. The molecule has 1 unspecified atom stereocenters. The van der Waals surface area contributed by atoms with Crippen molar-refractivity contribution in [1.82, 2.24) is 14.8 Å². The van der Waals surface area contributed by atoms with E-state index >= 15 is 0 Å². The number of oxazole rings is 1. The second-order valence-electron chi connectivity index (χ2n) is 6.81. The predicted octanol–water partition coefficient (Wildman–Crippen LogP) is 1.72. The van der Waals surface area contributed by atoms with Gasteiger partial charge in [-0.05, 0) is 39.3 Å². The van der Waals surface area contributed by atoms with Crippen molar-refractivity contribution in [3.05, 3.63) is 17.8 Å². The molecule has 3 heterocycles. The lowest BCUT2D eigenvalue weighted by Crippen LogP contribution is -2.33. The maximum absolute atomic E-state index is 12.7. The van der Waals surface area contributed by atoms with E-state index in [1.807, 2.05) is 4.90 Å². The minimum absolute atomic E-state index is 0.0517. The Morgan fingerprint density at radius 3 is 2.85 bits per heavy atom. The lowest BCUT2D eigenvalue weighted by molar-refractivity contribution is 0.0740. The Hall–Kier alpha value is -1.36. The number of hydrogen-bond donors (Lipinski definition) is 0. The molecule has 1 spiro atoms. The fraction of sp³-hybridized carbons (Fsp3) is 0.733. The van der Waals surface area contributed by atoms with E-state index in [0.717, 1.165) is 51.1 Å². The van der Waals surface area contributed by atoms with E-state index in [1.165, 1.54) is 12.8 Å². The maximum Gasteiger partial charge on any atom is 0.291 e. The van der Waals surface area contributed by atoms with Crippen LogP contribution in [0.3, 0.4) is 0 Å². The van der Waals surface area contributed by atoms with E-state index in [1.54, 1.807) is 0 Å². The Bertz CT molecular complexity index is 537. The number of carbonyl (C=O) groups is 1. The molecule has 5 nitrogen and oxygen atoms in total. The second-order valence-corrected chi connectivity index (χ2v) is 6.81. The molecule has 3 aliphatic rings. The van der Waals surface area contributed by atoms with Crippen LogP contribution in [-0.4, -0.2) is 53.9 Å². The first-order valence-corrected chi connectivity index (χ1v) is 7.58. The summed E-state index contributed by atoms with van der Waals surface area (Å²) in [4.78, 5) is 21.3. The molecule has 2 aliphatic heterocycles. The maximum atomic E-state index is 12.7. The first-order valence-electron chi connectivity index (χ1n) is 7.58. The molecule has 3 fully saturated rings. The van der Waals surface area contributed by atoms with Crippen LogP contribution in [0.1, 0.15) is 47.8 Å². The average molecular weight is 275 g/mol. The third-order valence-corrected chi connectivity index (χ3v) is 5.11. The van der Waals surface area contributed by atoms with Crippen molar-refractivity contribution in [1.29, 1.82) is 0 Å². The third kappa shape index (κ3) is 1.95. The van der Waals surface area contributed by atoms with Gasteiger partial charge in [-0.2, -0.15) is 0 Å². The SMILES string of the molecule is CN1CCC2(CCN(C(=O)c3ocnc3C3CC3)C2)C1. The van der Waals surface area contributed by atoms with Crippen molar-refractivity contribution in [3.63, 3.8) is 0 Å². The van der Waals surface area contributed by atoms with Gasteiger partial charge >= 0.3 is 0 Å². The minimum atomic E-state index is 0.0517. The fourth-order valence-electron chi connectivity index (χ4n) is 3.81. The molecule has 2 saturated heterocycles. The smallest absolute Gasteiger partial charge is 0.291 e. The lowest BCUT2D eigenvalue weighted by atomic mass is 9.86. The number of carbonyl (C=O) groups excluding carboxylic acids is 1. The van der Waals surface area contributed by atoms with Gasteiger partial charge in [-0.1, -0.05) is 0 Å². The molecular weight excluding hydrogens is 254 g/mol. The van der Waals surface area contributed by atoms with Gasteiger partial charge < -0.3 is 14.2 Å². The van der Waals surface area contributed by atoms with Gasteiger partial charge in [0.2, 0.25) is 5.76 Å². The molecule has 0 bridgehead atoms. The minimum Gasteiger partial charge on any atom is -0.438 e. The van der Waals surface area contributed by atoms with Crippen LogP contribution >= 0.6 is 0 Å². The Morgan fingerprint density at radius 2 is 2.15 bits per heavy atom. The number of rotatable bonds is 2. The number of hydrogen-bond acceptors (Lipinski definition) is 4. The van der Waals surface area contributed by atoms with Crippen LogP contribution in [-0.2, 0) is 0 Å². The van der Waals surface area contributed by atoms with E-state index in [2.05, 4.69) is 16.9 Å². The highest BCUT2D eigenvalue weighted by atomic mass is 16.3. The molecule has 0 aromatic carbocycles. The van der Waals surface area contributed by atoms with Crippen LogP contribution < -0.4 is 0 Å². The van der Waals surface area contributed by atoms with Crippen LogP contribution in [0.25, 0.3) is 0 Å². The van der Waals surface area contributed by atoms with Crippen molar-refractivity contribution in [2.45, 2.75) is 31.6 Å². The molecule has 4 rings (SSSR count). The Morgan fingerprint density at radius 1 is 1.35 bits per heavy atom. The summed E-state index contributed by atoms with van der Waals surface area (Å²) >= 11 is 0. The van der Waals surface area contributed by atoms with Crippen molar-refractivity contribution >= 4 is 5.91 Å². The van der Waals surface area contributed by atoms with E-state index < -0.39 is 0 Å². The molecule has 0 radical (unpaired) electrons. The van der Waals surface area contributed by atoms with E-state index in [9.17, 15) is 4.79 Å². The summed E-state index contributed by atoms with van der Waals surface area (Å²) in [6, 6.07) is 0. The van der Waals surface area contributed by atoms with Crippen LogP contribution in [0.4, 0.5) is 0 Å². The first kappa shape index (κ1) is 12.4. The summed E-state index contributed by atoms with van der Waals surface area (Å²) in [6.45, 7) is 4.00. The molecule has 1 aromatic heterocycles. The molecular formula is C15H21N3O2. The Balaban J connectivity index is 1.51. The summed E-state index contributed by atoms with van der Waals surface area (Å²) in [7, 11) is 2.17. The number of nitrogens with zero attached hydrogens (tertiary/aromatic N) is 3. The quantitative estimate of drug-likeness (QED) is 0.824. The lowest BCUT2D eigenvalue weighted by Gasteiger charge is -2.23. The summed E-state index contributed by atoms with van der Waals surface area (Å²) < 4.78 is 5.40. The van der Waals surface area contributed by atoms with Crippen molar-refractivity contribution in [3.8, 4) is 0 Å². The van der Waals surface area contributed by atoms with Gasteiger partial charge in [0, 0.05) is 31.0 Å². The van der Waals surface area contributed by atoms with Crippen molar-refractivity contribution in [2.24, 2.45) is 5.41 Å². The van der Waals surface area contributed by atoms with Crippen molar-refractivity contribution < 1.29 is 9.21 Å². The third-order valence-electron chi connectivity index (χ3n) is 5.11. The Labute approximate surface area is 118 Å². The molecule has 1 atom stereocenters. The zero-order valence-electron chi connectivity index (χ0n) is 12.0. The molecule has 1 aliphatic carbocycles. The number of aromatic nitrogens is 1. The Kier molecular flexibility index (Phi) is 2.67. The monoisotopic (exact) mass is 275 g/mol. The van der Waals surface area contributed by atoms with E-state index in [-0.39, 0.29) is 5.91 Å².